The highest BCUT2D eigenvalue weighted by Crippen LogP contribution is 2.18. The molecule has 2 rings (SSSR count). The van der Waals surface area contributed by atoms with Gasteiger partial charge in [0.25, 0.3) is 11.6 Å². The van der Waals surface area contributed by atoms with E-state index in [0.717, 1.165) is 0 Å². The van der Waals surface area contributed by atoms with Gasteiger partial charge in [0.1, 0.15) is 5.56 Å². The fourth-order valence-electron chi connectivity index (χ4n) is 2.12. The molecule has 0 atom stereocenters. The Kier molecular flexibility index (Phi) is 6.59. The molecule has 2 aromatic carbocycles. The van der Waals surface area contributed by atoms with Gasteiger partial charge < -0.3 is 14.8 Å². The predicted octanol–water partition coefficient (Wildman–Crippen LogP) is 2.57. The predicted molar refractivity (Wildman–Crippen MR) is 94.4 cm³/mol. The second kappa shape index (κ2) is 9.09. The molecule has 0 bridgehead atoms. The number of hydrogen-bond acceptors (Lipinski definition) is 7. The van der Waals surface area contributed by atoms with Crippen LogP contribution in [0.4, 0.5) is 11.4 Å². The maximum Gasteiger partial charge on any atom is 0.345 e. The minimum Gasteiger partial charge on any atom is -0.462 e. The third-order valence-electron chi connectivity index (χ3n) is 3.33. The first-order valence-electron chi connectivity index (χ1n) is 7.90. The molecule has 0 aliphatic rings. The Balaban J connectivity index is 1.92. The second-order valence-corrected chi connectivity index (χ2v) is 5.20. The van der Waals surface area contributed by atoms with Gasteiger partial charge >= 0.3 is 11.9 Å². The molecule has 27 heavy (non-hydrogen) atoms. The van der Waals surface area contributed by atoms with Crippen LogP contribution >= 0.6 is 0 Å². The molecule has 0 saturated carbocycles. The van der Waals surface area contributed by atoms with Crippen molar-refractivity contribution < 1.29 is 28.8 Å². The van der Waals surface area contributed by atoms with Gasteiger partial charge in [-0.05, 0) is 37.3 Å². The van der Waals surface area contributed by atoms with Crippen molar-refractivity contribution in [3.8, 4) is 0 Å². The average molecular weight is 372 g/mol. The van der Waals surface area contributed by atoms with E-state index in [-0.39, 0.29) is 12.2 Å². The fourth-order valence-corrected chi connectivity index (χ4v) is 2.12. The van der Waals surface area contributed by atoms with Gasteiger partial charge in [0, 0.05) is 11.8 Å². The monoisotopic (exact) mass is 372 g/mol. The molecular formula is C18H16N2O7. The topological polar surface area (TPSA) is 125 Å². The van der Waals surface area contributed by atoms with Gasteiger partial charge in [0.05, 0.1) is 17.1 Å². The molecule has 0 aromatic heterocycles. The lowest BCUT2D eigenvalue weighted by molar-refractivity contribution is -0.385. The van der Waals surface area contributed by atoms with Crippen LogP contribution in [-0.4, -0.2) is 36.0 Å². The van der Waals surface area contributed by atoms with Gasteiger partial charge in [-0.3, -0.25) is 14.9 Å². The van der Waals surface area contributed by atoms with E-state index in [4.69, 9.17) is 9.47 Å². The van der Waals surface area contributed by atoms with E-state index in [0.29, 0.717) is 11.3 Å². The molecule has 2 aromatic rings. The molecule has 0 heterocycles. The Morgan fingerprint density at radius 1 is 1.00 bits per heavy atom. The summed E-state index contributed by atoms with van der Waals surface area (Å²) in [6.07, 6.45) is 0. The molecule has 0 aliphatic heterocycles. The quantitative estimate of drug-likeness (QED) is 0.450. The minimum atomic E-state index is -0.977. The molecule has 0 aliphatic carbocycles. The van der Waals surface area contributed by atoms with Crippen molar-refractivity contribution in [1.29, 1.82) is 0 Å². The normalized spacial score (nSPS) is 9.96. The van der Waals surface area contributed by atoms with Crippen LogP contribution in [0, 0.1) is 10.1 Å². The molecule has 1 amide bonds. The zero-order chi connectivity index (χ0) is 19.8. The van der Waals surface area contributed by atoms with Crippen LogP contribution in [0.5, 0.6) is 0 Å². The summed E-state index contributed by atoms with van der Waals surface area (Å²) in [7, 11) is 0. The highest BCUT2D eigenvalue weighted by Gasteiger charge is 2.21. The van der Waals surface area contributed by atoms with Gasteiger partial charge in [-0.25, -0.2) is 9.59 Å². The van der Waals surface area contributed by atoms with Crippen LogP contribution in [0.25, 0.3) is 0 Å². The first kappa shape index (κ1) is 19.6. The molecule has 0 radical (unpaired) electrons. The van der Waals surface area contributed by atoms with E-state index in [1.165, 1.54) is 48.5 Å². The Morgan fingerprint density at radius 3 is 2.30 bits per heavy atom. The van der Waals surface area contributed by atoms with Crippen molar-refractivity contribution in [3.63, 3.8) is 0 Å². The lowest BCUT2D eigenvalue weighted by atomic mass is 10.2. The number of benzene rings is 2. The number of nitrogens with zero attached hydrogens (tertiary/aromatic N) is 1. The summed E-state index contributed by atoms with van der Waals surface area (Å²) in [5.41, 5.74) is 0.0685. The average Bonchev–Trinajstić information content (AvgIpc) is 2.66. The first-order chi connectivity index (χ1) is 12.9. The van der Waals surface area contributed by atoms with E-state index < -0.39 is 35.1 Å². The van der Waals surface area contributed by atoms with E-state index in [2.05, 4.69) is 5.32 Å². The lowest BCUT2D eigenvalue weighted by Crippen LogP contribution is -2.21. The number of carbonyl (C=O) groups excluding carboxylic acids is 3. The minimum absolute atomic E-state index is 0.242. The summed E-state index contributed by atoms with van der Waals surface area (Å²) in [6, 6.07) is 11.2. The highest BCUT2D eigenvalue weighted by molar-refractivity contribution is 5.97. The molecule has 9 heteroatoms. The maximum atomic E-state index is 11.9. The Hall–Kier alpha value is -3.75. The Labute approximate surface area is 154 Å². The van der Waals surface area contributed by atoms with Crippen molar-refractivity contribution in [2.75, 3.05) is 18.5 Å². The smallest absolute Gasteiger partial charge is 0.345 e. The number of hydrogen-bond donors (Lipinski definition) is 1. The number of ether oxygens (including phenoxy) is 2. The molecule has 0 fully saturated rings. The second-order valence-electron chi connectivity index (χ2n) is 5.20. The number of amides is 1. The number of nitrogens with one attached hydrogen (secondary N) is 1. The largest absolute Gasteiger partial charge is 0.462 e. The summed E-state index contributed by atoms with van der Waals surface area (Å²) in [4.78, 5) is 45.6. The molecule has 1 N–H and O–H groups in total. The highest BCUT2D eigenvalue weighted by atomic mass is 16.6. The number of carbonyl (C=O) groups is 3. The molecule has 0 saturated heterocycles. The SMILES string of the molecule is CCOC(=O)c1ccc(NC(=O)COC(=O)c2ccccc2[N+](=O)[O-])cc1. The summed E-state index contributed by atoms with van der Waals surface area (Å²) >= 11 is 0. The molecule has 0 spiro atoms. The van der Waals surface area contributed by atoms with Crippen molar-refractivity contribution in [2.45, 2.75) is 6.92 Å². The Bertz CT molecular complexity index is 862. The summed E-state index contributed by atoms with van der Waals surface area (Å²) in [5, 5.41) is 13.4. The van der Waals surface area contributed by atoms with E-state index in [1.807, 2.05) is 0 Å². The zero-order valence-electron chi connectivity index (χ0n) is 14.3. The third-order valence-corrected chi connectivity index (χ3v) is 3.33. The van der Waals surface area contributed by atoms with Crippen molar-refractivity contribution in [1.82, 2.24) is 0 Å². The lowest BCUT2D eigenvalue weighted by Gasteiger charge is -2.08. The summed E-state index contributed by atoms with van der Waals surface area (Å²) in [6.45, 7) is 1.32. The van der Waals surface area contributed by atoms with E-state index in [9.17, 15) is 24.5 Å². The van der Waals surface area contributed by atoms with Crippen LogP contribution in [0.3, 0.4) is 0 Å². The number of nitro benzene ring substituents is 1. The van der Waals surface area contributed by atoms with Crippen LogP contribution in [0.1, 0.15) is 27.6 Å². The summed E-state index contributed by atoms with van der Waals surface area (Å²) in [5.74, 6) is -2.09. The van der Waals surface area contributed by atoms with Gasteiger partial charge in [0.15, 0.2) is 6.61 Å². The molecular weight excluding hydrogens is 356 g/mol. The van der Waals surface area contributed by atoms with Gasteiger partial charge in [0.2, 0.25) is 0 Å². The maximum absolute atomic E-state index is 11.9. The van der Waals surface area contributed by atoms with Crippen LogP contribution in [0.15, 0.2) is 48.5 Å². The Morgan fingerprint density at radius 2 is 1.67 bits per heavy atom. The summed E-state index contributed by atoms with van der Waals surface area (Å²) < 4.78 is 9.67. The van der Waals surface area contributed by atoms with E-state index >= 15 is 0 Å². The zero-order valence-corrected chi connectivity index (χ0v) is 14.3. The van der Waals surface area contributed by atoms with E-state index in [1.54, 1.807) is 6.92 Å². The van der Waals surface area contributed by atoms with Crippen molar-refractivity contribution in [3.05, 3.63) is 69.8 Å². The number of esters is 2. The standard InChI is InChI=1S/C18H16N2O7/c1-2-26-17(22)12-7-9-13(10-8-12)19-16(21)11-27-18(23)14-5-3-4-6-15(14)20(24)25/h3-10H,2,11H2,1H3,(H,19,21). The van der Waals surface area contributed by atoms with Crippen molar-refractivity contribution in [2.24, 2.45) is 0 Å². The van der Waals surface area contributed by atoms with Gasteiger partial charge in [-0.2, -0.15) is 0 Å². The number of nitro groups is 1. The van der Waals surface area contributed by atoms with Gasteiger partial charge in [-0.15, -0.1) is 0 Å². The van der Waals surface area contributed by atoms with Crippen molar-refractivity contribution >= 4 is 29.2 Å². The molecule has 0 unspecified atom stereocenters. The fraction of sp³-hybridized carbons (Fsp3) is 0.167. The van der Waals surface area contributed by atoms with Crippen LogP contribution < -0.4 is 5.32 Å². The van der Waals surface area contributed by atoms with Crippen LogP contribution in [-0.2, 0) is 14.3 Å². The first-order valence-corrected chi connectivity index (χ1v) is 7.90. The number of para-hydroxylation sites is 1. The third kappa shape index (κ3) is 5.36. The number of anilines is 1. The van der Waals surface area contributed by atoms with Gasteiger partial charge in [-0.1, -0.05) is 12.1 Å². The molecule has 9 nitrogen and oxygen atoms in total. The van der Waals surface area contributed by atoms with Crippen LogP contribution in [0.2, 0.25) is 0 Å². The molecule has 140 valence electrons. The number of rotatable bonds is 7.